The van der Waals surface area contributed by atoms with Gasteiger partial charge in [0.1, 0.15) is 11.5 Å². The van der Waals surface area contributed by atoms with Crippen molar-refractivity contribution in [2.75, 3.05) is 53.5 Å². The Bertz CT molecular complexity index is 1080. The molecule has 0 bridgehead atoms. The molecule has 3 aromatic carbocycles. The van der Waals surface area contributed by atoms with Crippen molar-refractivity contribution in [3.63, 3.8) is 0 Å². The number of ether oxygens (including phenoxy) is 5. The molecule has 1 N–H and O–H groups in total. The summed E-state index contributed by atoms with van der Waals surface area (Å²) < 4.78 is 27.5. The molecular formula is C28H34N2O6. The van der Waals surface area contributed by atoms with Gasteiger partial charge in [-0.25, -0.2) is 0 Å². The highest BCUT2D eigenvalue weighted by atomic mass is 16.5. The molecule has 0 aliphatic rings. The van der Waals surface area contributed by atoms with Crippen LogP contribution in [-0.4, -0.2) is 65.0 Å². The van der Waals surface area contributed by atoms with Gasteiger partial charge in [0.2, 0.25) is 0 Å². The summed E-state index contributed by atoms with van der Waals surface area (Å²) in [5, 5.41) is 2.96. The number of carbonyl (C=O) groups is 1. The van der Waals surface area contributed by atoms with Crippen LogP contribution >= 0.6 is 0 Å². The first-order chi connectivity index (χ1) is 17.6. The van der Waals surface area contributed by atoms with Crippen molar-refractivity contribution in [1.29, 1.82) is 0 Å². The Kier molecular flexibility index (Phi) is 10.4. The zero-order valence-corrected chi connectivity index (χ0v) is 21.2. The molecule has 0 fully saturated rings. The van der Waals surface area contributed by atoms with E-state index in [1.807, 2.05) is 48.5 Å². The number of amides is 1. The number of para-hydroxylation sites is 1. The Balaban J connectivity index is 1.80. The average molecular weight is 495 g/mol. The van der Waals surface area contributed by atoms with Crippen LogP contribution in [0, 0.1) is 0 Å². The van der Waals surface area contributed by atoms with Gasteiger partial charge in [-0.15, -0.1) is 0 Å². The highest BCUT2D eigenvalue weighted by molar-refractivity contribution is 5.94. The first kappa shape index (κ1) is 26.8. The molecule has 1 unspecified atom stereocenters. The van der Waals surface area contributed by atoms with Gasteiger partial charge in [0.15, 0.2) is 17.6 Å². The molecule has 8 nitrogen and oxygen atoms in total. The van der Waals surface area contributed by atoms with Gasteiger partial charge in [-0.2, -0.15) is 0 Å². The van der Waals surface area contributed by atoms with E-state index in [0.717, 1.165) is 5.56 Å². The molecule has 1 atom stereocenters. The minimum Gasteiger partial charge on any atom is -0.497 e. The normalized spacial score (nSPS) is 11.6. The fraction of sp³-hybridized carbons (Fsp3) is 0.321. The third-order valence-electron chi connectivity index (χ3n) is 5.56. The third-order valence-corrected chi connectivity index (χ3v) is 5.56. The van der Waals surface area contributed by atoms with Gasteiger partial charge >= 0.3 is 0 Å². The SMILES string of the molecule is COCCN(Cc1ccc(OC)c(OC)c1)CC(Oc1ccccc1)C(=O)Nc1ccc(OC)cc1. The summed E-state index contributed by atoms with van der Waals surface area (Å²) in [6.45, 7) is 2.02. The van der Waals surface area contributed by atoms with Crippen molar-refractivity contribution in [2.24, 2.45) is 0 Å². The Morgan fingerprint density at radius 2 is 1.56 bits per heavy atom. The number of benzene rings is 3. The van der Waals surface area contributed by atoms with Gasteiger partial charge < -0.3 is 29.0 Å². The average Bonchev–Trinajstić information content (AvgIpc) is 2.92. The second kappa shape index (κ2) is 14.0. The van der Waals surface area contributed by atoms with E-state index in [-0.39, 0.29) is 5.91 Å². The summed E-state index contributed by atoms with van der Waals surface area (Å²) in [6, 6.07) is 22.3. The van der Waals surface area contributed by atoms with Crippen LogP contribution in [0.4, 0.5) is 5.69 Å². The van der Waals surface area contributed by atoms with Crippen LogP contribution in [0.25, 0.3) is 0 Å². The van der Waals surface area contributed by atoms with Gasteiger partial charge in [-0.1, -0.05) is 24.3 Å². The van der Waals surface area contributed by atoms with Crippen LogP contribution in [0.1, 0.15) is 5.56 Å². The number of methoxy groups -OCH3 is 4. The van der Waals surface area contributed by atoms with Crippen LogP contribution in [0.5, 0.6) is 23.0 Å². The number of anilines is 1. The summed E-state index contributed by atoms with van der Waals surface area (Å²) in [4.78, 5) is 15.5. The van der Waals surface area contributed by atoms with Crippen LogP contribution in [0.2, 0.25) is 0 Å². The second-order valence-corrected chi connectivity index (χ2v) is 8.05. The van der Waals surface area contributed by atoms with Gasteiger partial charge in [0.05, 0.1) is 27.9 Å². The topological polar surface area (TPSA) is 78.5 Å². The molecule has 192 valence electrons. The number of hydrogen-bond donors (Lipinski definition) is 1. The van der Waals surface area contributed by atoms with Crippen molar-refractivity contribution < 1.29 is 28.5 Å². The highest BCUT2D eigenvalue weighted by Crippen LogP contribution is 2.28. The highest BCUT2D eigenvalue weighted by Gasteiger charge is 2.24. The predicted molar refractivity (Wildman–Crippen MR) is 139 cm³/mol. The summed E-state index contributed by atoms with van der Waals surface area (Å²) in [7, 11) is 6.47. The lowest BCUT2D eigenvalue weighted by Gasteiger charge is -2.27. The lowest BCUT2D eigenvalue weighted by Crippen LogP contribution is -2.44. The molecule has 0 aromatic heterocycles. The second-order valence-electron chi connectivity index (χ2n) is 8.05. The first-order valence-electron chi connectivity index (χ1n) is 11.6. The van der Waals surface area contributed by atoms with E-state index >= 15 is 0 Å². The number of hydrogen-bond acceptors (Lipinski definition) is 7. The number of carbonyl (C=O) groups excluding carboxylic acids is 1. The maximum absolute atomic E-state index is 13.4. The molecule has 0 aliphatic heterocycles. The predicted octanol–water partition coefficient (Wildman–Crippen LogP) is 4.25. The smallest absolute Gasteiger partial charge is 0.266 e. The molecule has 0 saturated heterocycles. The molecule has 0 radical (unpaired) electrons. The Morgan fingerprint density at radius 3 is 2.19 bits per heavy atom. The monoisotopic (exact) mass is 494 g/mol. The molecule has 0 aliphatic carbocycles. The van der Waals surface area contributed by atoms with Crippen molar-refractivity contribution in [3.8, 4) is 23.0 Å². The fourth-order valence-corrected chi connectivity index (χ4v) is 3.66. The van der Waals surface area contributed by atoms with Crippen molar-refractivity contribution in [3.05, 3.63) is 78.4 Å². The van der Waals surface area contributed by atoms with Gasteiger partial charge in [-0.05, 0) is 54.1 Å². The van der Waals surface area contributed by atoms with E-state index in [1.165, 1.54) is 0 Å². The largest absolute Gasteiger partial charge is 0.497 e. The van der Waals surface area contributed by atoms with Gasteiger partial charge in [0.25, 0.3) is 5.91 Å². The molecule has 1 amide bonds. The number of nitrogens with one attached hydrogen (secondary N) is 1. The quantitative estimate of drug-likeness (QED) is 0.359. The molecule has 3 aromatic rings. The fourth-order valence-electron chi connectivity index (χ4n) is 3.66. The molecule has 36 heavy (non-hydrogen) atoms. The van der Waals surface area contributed by atoms with Crippen LogP contribution < -0.4 is 24.3 Å². The van der Waals surface area contributed by atoms with Crippen LogP contribution in [0.3, 0.4) is 0 Å². The number of nitrogens with zero attached hydrogens (tertiary/aromatic N) is 1. The van der Waals surface area contributed by atoms with E-state index in [9.17, 15) is 4.79 Å². The molecule has 0 heterocycles. The Labute approximate surface area is 212 Å². The van der Waals surface area contributed by atoms with E-state index in [2.05, 4.69) is 10.2 Å². The van der Waals surface area contributed by atoms with Gasteiger partial charge in [0, 0.05) is 32.4 Å². The minimum absolute atomic E-state index is 0.251. The van der Waals surface area contributed by atoms with E-state index in [1.54, 1.807) is 52.7 Å². The van der Waals surface area contributed by atoms with E-state index in [4.69, 9.17) is 23.7 Å². The zero-order valence-electron chi connectivity index (χ0n) is 21.2. The lowest BCUT2D eigenvalue weighted by atomic mass is 10.1. The lowest BCUT2D eigenvalue weighted by molar-refractivity contribution is -0.123. The maximum Gasteiger partial charge on any atom is 0.266 e. The van der Waals surface area contributed by atoms with E-state index < -0.39 is 6.10 Å². The summed E-state index contributed by atoms with van der Waals surface area (Å²) >= 11 is 0. The summed E-state index contributed by atoms with van der Waals surface area (Å²) in [5.74, 6) is 2.39. The zero-order chi connectivity index (χ0) is 25.8. The Hall–Kier alpha value is -3.75. The standard InChI is InChI=1S/C28H34N2O6/c1-32-17-16-30(19-21-10-15-25(34-3)26(18-21)35-4)20-27(36-24-8-6-5-7-9-24)28(31)29-22-11-13-23(33-2)14-12-22/h5-15,18,27H,16-17,19-20H2,1-4H3,(H,29,31). The van der Waals surface area contributed by atoms with Crippen LogP contribution in [-0.2, 0) is 16.1 Å². The third kappa shape index (κ3) is 7.90. The summed E-state index contributed by atoms with van der Waals surface area (Å²) in [6.07, 6.45) is -0.772. The first-order valence-corrected chi connectivity index (χ1v) is 11.6. The Morgan fingerprint density at radius 1 is 0.833 bits per heavy atom. The minimum atomic E-state index is -0.772. The van der Waals surface area contributed by atoms with E-state index in [0.29, 0.717) is 54.9 Å². The summed E-state index contributed by atoms with van der Waals surface area (Å²) in [5.41, 5.74) is 1.67. The molecule has 8 heteroatoms. The molecule has 3 rings (SSSR count). The van der Waals surface area contributed by atoms with Crippen LogP contribution in [0.15, 0.2) is 72.8 Å². The maximum atomic E-state index is 13.4. The van der Waals surface area contributed by atoms with Crippen molar-refractivity contribution in [2.45, 2.75) is 12.6 Å². The van der Waals surface area contributed by atoms with Gasteiger partial charge in [-0.3, -0.25) is 9.69 Å². The number of rotatable bonds is 14. The molecule has 0 saturated carbocycles. The van der Waals surface area contributed by atoms with Crippen molar-refractivity contribution in [1.82, 2.24) is 4.90 Å². The molecular weight excluding hydrogens is 460 g/mol. The molecule has 0 spiro atoms. The van der Waals surface area contributed by atoms with Crippen molar-refractivity contribution >= 4 is 11.6 Å².